The molecule has 0 saturated carbocycles. The lowest BCUT2D eigenvalue weighted by Gasteiger charge is -2.14. The fourth-order valence-corrected chi connectivity index (χ4v) is 2.55. The molecule has 3 aromatic rings. The number of methoxy groups -OCH3 is 1. The summed E-state index contributed by atoms with van der Waals surface area (Å²) in [5, 5.41) is 8.16. The Bertz CT molecular complexity index is 1030. The summed E-state index contributed by atoms with van der Waals surface area (Å²) in [4.78, 5) is 24.1. The van der Waals surface area contributed by atoms with Crippen LogP contribution in [0, 0.1) is 0 Å². The maximum Gasteiger partial charge on any atom is 0.291 e. The van der Waals surface area contributed by atoms with Gasteiger partial charge in [0.05, 0.1) is 25.3 Å². The molecule has 148 valence electrons. The van der Waals surface area contributed by atoms with Crippen molar-refractivity contribution < 1.29 is 23.2 Å². The third kappa shape index (κ3) is 5.56. The molecule has 0 atom stereocenters. The number of ether oxygens (including phenoxy) is 1. The highest BCUT2D eigenvalue weighted by Crippen LogP contribution is 2.28. The summed E-state index contributed by atoms with van der Waals surface area (Å²) >= 11 is 5.17. The molecule has 0 saturated heterocycles. The van der Waals surface area contributed by atoms with Crippen LogP contribution in [0.15, 0.2) is 69.9 Å². The Morgan fingerprint density at radius 1 is 1.07 bits per heavy atom. The average molecular weight is 411 g/mol. The fourth-order valence-electron chi connectivity index (χ4n) is 2.33. The van der Waals surface area contributed by atoms with Gasteiger partial charge in [0.25, 0.3) is 5.91 Å². The van der Waals surface area contributed by atoms with Gasteiger partial charge >= 0.3 is 0 Å². The number of hydrogen-bond donors (Lipinski definition) is 3. The topological polar surface area (TPSA) is 106 Å². The first-order valence-electron chi connectivity index (χ1n) is 8.41. The van der Waals surface area contributed by atoms with Crippen molar-refractivity contribution >= 4 is 46.6 Å². The smallest absolute Gasteiger partial charge is 0.291 e. The normalized spacial score (nSPS) is 10.5. The number of carbonyl (C=O) groups is 2. The molecule has 9 heteroatoms. The predicted molar refractivity (Wildman–Crippen MR) is 112 cm³/mol. The van der Waals surface area contributed by atoms with Crippen LogP contribution in [-0.2, 0) is 4.79 Å². The van der Waals surface area contributed by atoms with Crippen molar-refractivity contribution in [3.8, 4) is 5.75 Å². The van der Waals surface area contributed by atoms with Crippen molar-refractivity contribution in [3.05, 3.63) is 72.6 Å². The minimum atomic E-state index is -0.430. The molecule has 2 amide bonds. The minimum Gasteiger partial charge on any atom is -0.495 e. The van der Waals surface area contributed by atoms with Crippen molar-refractivity contribution in [3.63, 3.8) is 0 Å². The molecule has 29 heavy (non-hydrogen) atoms. The summed E-state index contributed by atoms with van der Waals surface area (Å²) in [6, 6.07) is 11.6. The third-order valence-corrected chi connectivity index (χ3v) is 3.83. The van der Waals surface area contributed by atoms with Crippen molar-refractivity contribution in [1.29, 1.82) is 0 Å². The lowest BCUT2D eigenvalue weighted by molar-refractivity contribution is -0.115. The van der Waals surface area contributed by atoms with Crippen molar-refractivity contribution in [2.24, 2.45) is 0 Å². The SMILES string of the molecule is COc1ccc(NC(=O)c2ccco2)cc1NC(=S)NC(=O)/C=C/c1ccco1. The monoisotopic (exact) mass is 411 g/mol. The summed E-state index contributed by atoms with van der Waals surface area (Å²) in [5.74, 6) is 0.371. The van der Waals surface area contributed by atoms with Gasteiger partial charge in [-0.25, -0.2) is 0 Å². The van der Waals surface area contributed by atoms with E-state index in [9.17, 15) is 9.59 Å². The van der Waals surface area contributed by atoms with Gasteiger partial charge < -0.3 is 24.2 Å². The number of amides is 2. The zero-order chi connectivity index (χ0) is 20.6. The van der Waals surface area contributed by atoms with E-state index in [0.717, 1.165) is 0 Å². The van der Waals surface area contributed by atoms with Crippen LogP contribution in [0.5, 0.6) is 5.75 Å². The second-order valence-electron chi connectivity index (χ2n) is 5.64. The fraction of sp³-hybridized carbons (Fsp3) is 0.0500. The molecule has 0 aliphatic carbocycles. The van der Waals surface area contributed by atoms with Crippen LogP contribution in [0.3, 0.4) is 0 Å². The van der Waals surface area contributed by atoms with Gasteiger partial charge in [-0.2, -0.15) is 0 Å². The Balaban J connectivity index is 1.64. The molecule has 2 aromatic heterocycles. The largest absolute Gasteiger partial charge is 0.495 e. The second kappa shape index (κ2) is 9.38. The number of carbonyl (C=O) groups excluding carboxylic acids is 2. The number of anilines is 2. The van der Waals surface area contributed by atoms with E-state index in [2.05, 4.69) is 16.0 Å². The van der Waals surface area contributed by atoms with Gasteiger partial charge in [0.1, 0.15) is 11.5 Å². The van der Waals surface area contributed by atoms with Crippen LogP contribution in [0.4, 0.5) is 11.4 Å². The van der Waals surface area contributed by atoms with E-state index in [1.807, 2.05) is 0 Å². The molecule has 0 unspecified atom stereocenters. The van der Waals surface area contributed by atoms with E-state index in [4.69, 9.17) is 25.8 Å². The molecule has 3 N–H and O–H groups in total. The van der Waals surface area contributed by atoms with Crippen molar-refractivity contribution in [2.45, 2.75) is 0 Å². The number of furan rings is 2. The Kier molecular flexibility index (Phi) is 6.43. The summed E-state index contributed by atoms with van der Waals surface area (Å²) in [5.41, 5.74) is 0.951. The predicted octanol–water partition coefficient (Wildman–Crippen LogP) is 3.66. The number of nitrogens with one attached hydrogen (secondary N) is 3. The first-order chi connectivity index (χ1) is 14.0. The molecule has 0 aliphatic heterocycles. The Morgan fingerprint density at radius 2 is 1.86 bits per heavy atom. The van der Waals surface area contributed by atoms with Gasteiger partial charge in [-0.3, -0.25) is 14.9 Å². The first kappa shape index (κ1) is 19.9. The highest BCUT2D eigenvalue weighted by molar-refractivity contribution is 7.80. The second-order valence-corrected chi connectivity index (χ2v) is 6.05. The van der Waals surface area contributed by atoms with Gasteiger partial charge in [-0.1, -0.05) is 0 Å². The molecule has 0 spiro atoms. The number of benzene rings is 1. The van der Waals surface area contributed by atoms with Gasteiger partial charge in [-0.05, 0) is 60.8 Å². The van der Waals surface area contributed by atoms with Crippen LogP contribution < -0.4 is 20.7 Å². The molecule has 2 heterocycles. The van der Waals surface area contributed by atoms with Crippen molar-refractivity contribution in [1.82, 2.24) is 5.32 Å². The molecule has 0 radical (unpaired) electrons. The molecule has 0 bridgehead atoms. The lowest BCUT2D eigenvalue weighted by Crippen LogP contribution is -2.33. The van der Waals surface area contributed by atoms with Crippen LogP contribution in [-0.4, -0.2) is 24.0 Å². The Labute approximate surface area is 171 Å². The van der Waals surface area contributed by atoms with Crippen molar-refractivity contribution in [2.75, 3.05) is 17.7 Å². The van der Waals surface area contributed by atoms with E-state index < -0.39 is 11.8 Å². The highest BCUT2D eigenvalue weighted by Gasteiger charge is 2.12. The van der Waals surface area contributed by atoms with Gasteiger partial charge in [0, 0.05) is 11.8 Å². The standard InChI is InChI=1S/C20H17N3O5S/c1-26-16-8-6-13(21-19(25)17-5-3-11-28-17)12-15(16)22-20(29)23-18(24)9-7-14-4-2-10-27-14/h2-12H,1H3,(H,21,25)(H2,22,23,24,29)/b9-7+. The van der Waals surface area contributed by atoms with E-state index in [0.29, 0.717) is 22.9 Å². The van der Waals surface area contributed by atoms with Crippen LogP contribution in [0.2, 0.25) is 0 Å². The van der Waals surface area contributed by atoms with E-state index in [1.54, 1.807) is 42.5 Å². The van der Waals surface area contributed by atoms with E-state index in [1.165, 1.54) is 31.8 Å². The molecular formula is C20H17N3O5S. The Hall–Kier alpha value is -3.85. The molecule has 0 aliphatic rings. The number of rotatable bonds is 6. The van der Waals surface area contributed by atoms with Crippen LogP contribution >= 0.6 is 12.2 Å². The Morgan fingerprint density at radius 3 is 2.55 bits per heavy atom. The molecule has 0 fully saturated rings. The summed E-state index contributed by atoms with van der Waals surface area (Å²) in [7, 11) is 1.50. The zero-order valence-electron chi connectivity index (χ0n) is 15.3. The summed E-state index contributed by atoms with van der Waals surface area (Å²) < 4.78 is 15.5. The lowest BCUT2D eigenvalue weighted by atomic mass is 10.2. The van der Waals surface area contributed by atoms with Crippen LogP contribution in [0.25, 0.3) is 6.08 Å². The summed E-state index contributed by atoms with van der Waals surface area (Å²) in [6.07, 6.45) is 5.73. The molecule has 8 nitrogen and oxygen atoms in total. The van der Waals surface area contributed by atoms with Gasteiger partial charge in [0.2, 0.25) is 5.91 Å². The van der Waals surface area contributed by atoms with E-state index in [-0.39, 0.29) is 10.9 Å². The van der Waals surface area contributed by atoms with E-state index >= 15 is 0 Å². The summed E-state index contributed by atoms with van der Waals surface area (Å²) in [6.45, 7) is 0. The maximum atomic E-state index is 12.1. The molecule has 3 rings (SSSR count). The highest BCUT2D eigenvalue weighted by atomic mass is 32.1. The quantitative estimate of drug-likeness (QED) is 0.420. The zero-order valence-corrected chi connectivity index (χ0v) is 16.1. The third-order valence-electron chi connectivity index (χ3n) is 3.63. The molecular weight excluding hydrogens is 394 g/mol. The minimum absolute atomic E-state index is 0.0620. The van der Waals surface area contributed by atoms with Gasteiger partial charge in [-0.15, -0.1) is 0 Å². The van der Waals surface area contributed by atoms with Gasteiger partial charge in [0.15, 0.2) is 10.9 Å². The average Bonchev–Trinajstić information content (AvgIpc) is 3.40. The maximum absolute atomic E-state index is 12.1. The number of thiocarbonyl (C=S) groups is 1. The number of hydrogen-bond acceptors (Lipinski definition) is 6. The van der Waals surface area contributed by atoms with Crippen LogP contribution in [0.1, 0.15) is 16.3 Å². The molecule has 1 aromatic carbocycles. The first-order valence-corrected chi connectivity index (χ1v) is 8.82.